The monoisotopic (exact) mass is 213 g/mol. The fraction of sp³-hybridized carbons (Fsp3) is 0.455. The Bertz CT molecular complexity index is 271. The molecule has 0 heterocycles. The molecule has 0 fully saturated rings. The molecule has 1 aromatic rings. The van der Waals surface area contributed by atoms with Gasteiger partial charge in [0.05, 0.1) is 0 Å². The Kier molecular flexibility index (Phi) is 4.39. The summed E-state index contributed by atoms with van der Waals surface area (Å²) in [4.78, 5) is 0. The molecule has 1 rings (SSSR count). The van der Waals surface area contributed by atoms with Gasteiger partial charge >= 0.3 is 0 Å². The summed E-state index contributed by atoms with van der Waals surface area (Å²) in [5.74, 6) is 0.525. The number of aliphatic hydroxyl groups is 1. The molecular weight excluding hydrogens is 198 g/mol. The van der Waals surface area contributed by atoms with Gasteiger partial charge in [-0.15, -0.1) is 0 Å². The van der Waals surface area contributed by atoms with Gasteiger partial charge in [-0.3, -0.25) is 5.32 Å². The summed E-state index contributed by atoms with van der Waals surface area (Å²) in [5.41, 5.74) is 0.843. The highest BCUT2D eigenvalue weighted by atomic mass is 35.5. The number of nitrogens with one attached hydrogen (secondary N) is 1. The normalized spacial score (nSPS) is 13.2. The molecule has 1 aromatic carbocycles. The van der Waals surface area contributed by atoms with Crippen LogP contribution in [0.4, 0.5) is 0 Å². The summed E-state index contributed by atoms with van der Waals surface area (Å²) in [5, 5.41) is 13.4. The average Bonchev–Trinajstić information content (AvgIpc) is 2.15. The van der Waals surface area contributed by atoms with Gasteiger partial charge < -0.3 is 5.11 Å². The van der Waals surface area contributed by atoms with E-state index < -0.39 is 6.23 Å². The summed E-state index contributed by atoms with van der Waals surface area (Å²) < 4.78 is 0. The number of aliphatic hydroxyl groups excluding tert-OH is 1. The molecule has 3 heteroatoms. The standard InChI is InChI=1S/C11H16ClNO/c1-8(2)7-13-11(14)9-3-5-10(12)6-4-9/h3-6,8,11,13-14H,7H2,1-2H3. The minimum Gasteiger partial charge on any atom is -0.374 e. The lowest BCUT2D eigenvalue weighted by Gasteiger charge is -2.14. The maximum absolute atomic E-state index is 9.71. The quantitative estimate of drug-likeness (QED) is 0.754. The molecule has 0 saturated heterocycles. The van der Waals surface area contributed by atoms with Crippen LogP contribution in [0.5, 0.6) is 0 Å². The Morgan fingerprint density at radius 2 is 1.86 bits per heavy atom. The lowest BCUT2D eigenvalue weighted by atomic mass is 10.2. The van der Waals surface area contributed by atoms with E-state index in [1.54, 1.807) is 12.1 Å². The molecule has 78 valence electrons. The first-order chi connectivity index (χ1) is 6.59. The van der Waals surface area contributed by atoms with Crippen molar-refractivity contribution in [1.82, 2.24) is 5.32 Å². The van der Waals surface area contributed by atoms with Crippen molar-refractivity contribution in [3.05, 3.63) is 34.9 Å². The predicted octanol–water partition coefficient (Wildman–Crippen LogP) is 2.58. The van der Waals surface area contributed by atoms with Crippen LogP contribution < -0.4 is 5.32 Å². The molecule has 14 heavy (non-hydrogen) atoms. The van der Waals surface area contributed by atoms with Crippen molar-refractivity contribution in [3.8, 4) is 0 Å². The van der Waals surface area contributed by atoms with Crippen molar-refractivity contribution in [2.75, 3.05) is 6.54 Å². The number of benzene rings is 1. The highest BCUT2D eigenvalue weighted by Gasteiger charge is 2.06. The first-order valence-electron chi connectivity index (χ1n) is 4.76. The number of hydrogen-bond donors (Lipinski definition) is 2. The highest BCUT2D eigenvalue weighted by molar-refractivity contribution is 6.30. The van der Waals surface area contributed by atoms with Crippen LogP contribution in [0.1, 0.15) is 25.6 Å². The van der Waals surface area contributed by atoms with Gasteiger partial charge in [0.15, 0.2) is 0 Å². The van der Waals surface area contributed by atoms with Crippen LogP contribution in [0.25, 0.3) is 0 Å². The van der Waals surface area contributed by atoms with E-state index in [-0.39, 0.29) is 0 Å². The van der Waals surface area contributed by atoms with Gasteiger partial charge in [0.1, 0.15) is 6.23 Å². The largest absolute Gasteiger partial charge is 0.374 e. The maximum atomic E-state index is 9.71. The van der Waals surface area contributed by atoms with Gasteiger partial charge in [0.2, 0.25) is 0 Å². The topological polar surface area (TPSA) is 32.3 Å². The van der Waals surface area contributed by atoms with Crippen molar-refractivity contribution in [2.24, 2.45) is 5.92 Å². The Labute approximate surface area is 89.9 Å². The van der Waals surface area contributed by atoms with E-state index in [9.17, 15) is 5.11 Å². The third-order valence-corrected chi connectivity index (χ3v) is 2.16. The fourth-order valence-electron chi connectivity index (χ4n) is 1.11. The van der Waals surface area contributed by atoms with Gasteiger partial charge in [-0.05, 0) is 23.6 Å². The van der Waals surface area contributed by atoms with Crippen molar-refractivity contribution >= 4 is 11.6 Å². The first kappa shape index (κ1) is 11.5. The van der Waals surface area contributed by atoms with Crippen molar-refractivity contribution in [3.63, 3.8) is 0 Å². The predicted molar refractivity (Wildman–Crippen MR) is 59.3 cm³/mol. The van der Waals surface area contributed by atoms with Crippen molar-refractivity contribution in [1.29, 1.82) is 0 Å². The molecule has 0 aliphatic carbocycles. The van der Waals surface area contributed by atoms with Gasteiger partial charge in [0, 0.05) is 11.6 Å². The SMILES string of the molecule is CC(C)CNC(O)c1ccc(Cl)cc1. The van der Waals surface area contributed by atoms with E-state index in [0.29, 0.717) is 10.9 Å². The minimum absolute atomic E-state index is 0.525. The van der Waals surface area contributed by atoms with Crippen molar-refractivity contribution < 1.29 is 5.11 Å². The summed E-state index contributed by atoms with van der Waals surface area (Å²) in [6.07, 6.45) is -0.602. The molecule has 0 saturated carbocycles. The van der Waals surface area contributed by atoms with Crippen LogP contribution in [-0.2, 0) is 0 Å². The van der Waals surface area contributed by atoms with Gasteiger partial charge in [-0.25, -0.2) is 0 Å². The molecule has 2 nitrogen and oxygen atoms in total. The van der Waals surface area contributed by atoms with Gasteiger partial charge in [-0.2, -0.15) is 0 Å². The number of halogens is 1. The van der Waals surface area contributed by atoms with Crippen LogP contribution in [0.2, 0.25) is 5.02 Å². The summed E-state index contributed by atoms with van der Waals surface area (Å²) >= 11 is 5.74. The molecule has 0 aliphatic rings. The zero-order valence-electron chi connectivity index (χ0n) is 8.50. The van der Waals surface area contributed by atoms with Crippen molar-refractivity contribution in [2.45, 2.75) is 20.1 Å². The molecule has 0 radical (unpaired) electrons. The first-order valence-corrected chi connectivity index (χ1v) is 5.14. The molecule has 0 amide bonds. The molecular formula is C11H16ClNO. The highest BCUT2D eigenvalue weighted by Crippen LogP contribution is 2.14. The van der Waals surface area contributed by atoms with E-state index in [1.165, 1.54) is 0 Å². The molecule has 1 atom stereocenters. The molecule has 0 spiro atoms. The second kappa shape index (κ2) is 5.35. The summed E-state index contributed by atoms with van der Waals surface area (Å²) in [6, 6.07) is 7.19. The lowest BCUT2D eigenvalue weighted by molar-refractivity contribution is 0.135. The lowest BCUT2D eigenvalue weighted by Crippen LogP contribution is -2.24. The van der Waals surface area contributed by atoms with Gasteiger partial charge in [0.25, 0.3) is 0 Å². The van der Waals surface area contributed by atoms with E-state index in [2.05, 4.69) is 19.2 Å². The molecule has 2 N–H and O–H groups in total. The van der Waals surface area contributed by atoms with Crippen LogP contribution in [0.3, 0.4) is 0 Å². The molecule has 0 bridgehead atoms. The van der Waals surface area contributed by atoms with E-state index in [4.69, 9.17) is 11.6 Å². The van der Waals surface area contributed by atoms with Crippen LogP contribution in [-0.4, -0.2) is 11.7 Å². The molecule has 0 aliphatic heterocycles. The van der Waals surface area contributed by atoms with Crippen LogP contribution in [0.15, 0.2) is 24.3 Å². The minimum atomic E-state index is -0.602. The fourth-order valence-corrected chi connectivity index (χ4v) is 1.24. The Hall–Kier alpha value is -0.570. The number of hydrogen-bond acceptors (Lipinski definition) is 2. The zero-order chi connectivity index (χ0) is 10.6. The second-order valence-electron chi connectivity index (χ2n) is 3.76. The second-order valence-corrected chi connectivity index (χ2v) is 4.19. The third-order valence-electron chi connectivity index (χ3n) is 1.91. The van der Waals surface area contributed by atoms with Crippen LogP contribution >= 0.6 is 11.6 Å². The van der Waals surface area contributed by atoms with Gasteiger partial charge in [-0.1, -0.05) is 37.6 Å². The van der Waals surface area contributed by atoms with Crippen LogP contribution in [0, 0.1) is 5.92 Å². The number of rotatable bonds is 4. The summed E-state index contributed by atoms with van der Waals surface area (Å²) in [6.45, 7) is 4.99. The Morgan fingerprint density at radius 1 is 1.29 bits per heavy atom. The molecule has 0 aromatic heterocycles. The third kappa shape index (κ3) is 3.66. The molecule has 1 unspecified atom stereocenters. The maximum Gasteiger partial charge on any atom is 0.131 e. The average molecular weight is 214 g/mol. The smallest absolute Gasteiger partial charge is 0.131 e. The summed E-state index contributed by atoms with van der Waals surface area (Å²) in [7, 11) is 0. The Morgan fingerprint density at radius 3 is 2.36 bits per heavy atom. The van der Waals surface area contributed by atoms with E-state index in [1.807, 2.05) is 12.1 Å². The van der Waals surface area contributed by atoms with E-state index >= 15 is 0 Å². The Balaban J connectivity index is 2.52. The zero-order valence-corrected chi connectivity index (χ0v) is 9.25. The van der Waals surface area contributed by atoms with E-state index in [0.717, 1.165) is 12.1 Å².